The summed E-state index contributed by atoms with van der Waals surface area (Å²) >= 11 is 0. The van der Waals surface area contributed by atoms with Crippen molar-refractivity contribution in [2.45, 2.75) is 31.3 Å². The third-order valence-corrected chi connectivity index (χ3v) is 6.14. The minimum absolute atomic E-state index is 0.0419. The lowest BCUT2D eigenvalue weighted by Crippen LogP contribution is -2.41. The Balaban J connectivity index is 1.73. The number of hydrogen-bond donors (Lipinski definition) is 0. The van der Waals surface area contributed by atoms with Gasteiger partial charge in [-0.05, 0) is 43.0 Å². The molecule has 1 aliphatic heterocycles. The lowest BCUT2D eigenvalue weighted by atomic mass is 10.1. The zero-order valence-electron chi connectivity index (χ0n) is 13.4. The Kier molecular flexibility index (Phi) is 4.62. The number of rotatable bonds is 5. The summed E-state index contributed by atoms with van der Waals surface area (Å²) < 4.78 is 41.9. The molecular formula is C17H20FNO4S. The minimum Gasteiger partial charge on any atom is -0.494 e. The van der Waals surface area contributed by atoms with Crippen molar-refractivity contribution in [3.63, 3.8) is 0 Å². The van der Waals surface area contributed by atoms with Gasteiger partial charge < -0.3 is 9.64 Å². The van der Waals surface area contributed by atoms with E-state index in [1.807, 2.05) is 0 Å². The van der Waals surface area contributed by atoms with E-state index in [4.69, 9.17) is 4.74 Å². The summed E-state index contributed by atoms with van der Waals surface area (Å²) in [6.45, 7) is 0. The van der Waals surface area contributed by atoms with Crippen LogP contribution in [-0.4, -0.2) is 49.9 Å². The summed E-state index contributed by atoms with van der Waals surface area (Å²) in [5.41, 5.74) is 0.552. The summed E-state index contributed by atoms with van der Waals surface area (Å²) in [5.74, 6) is -0.375. The Morgan fingerprint density at radius 1 is 1.29 bits per heavy atom. The average molecular weight is 353 g/mol. The molecular weight excluding hydrogens is 333 g/mol. The van der Waals surface area contributed by atoms with Crippen LogP contribution < -0.4 is 4.74 Å². The number of hydrogen-bond acceptors (Lipinski definition) is 4. The molecule has 1 atom stereocenters. The largest absolute Gasteiger partial charge is 0.494 e. The Bertz CT molecular complexity index is 771. The third-order valence-electron chi connectivity index (χ3n) is 4.39. The molecule has 2 aliphatic rings. The summed E-state index contributed by atoms with van der Waals surface area (Å²) in [7, 11) is -1.65. The van der Waals surface area contributed by atoms with Crippen molar-refractivity contribution in [1.29, 1.82) is 0 Å². The summed E-state index contributed by atoms with van der Waals surface area (Å²) in [4.78, 5) is 14.2. The molecule has 5 nitrogen and oxygen atoms in total. The van der Waals surface area contributed by atoms with E-state index < -0.39 is 15.7 Å². The topological polar surface area (TPSA) is 63.7 Å². The van der Waals surface area contributed by atoms with Crippen LogP contribution in [-0.2, 0) is 14.6 Å². The molecule has 1 heterocycles. The zero-order valence-corrected chi connectivity index (χ0v) is 14.3. The van der Waals surface area contributed by atoms with E-state index >= 15 is 0 Å². The number of sulfone groups is 1. The van der Waals surface area contributed by atoms with Gasteiger partial charge in [0, 0.05) is 18.2 Å². The second kappa shape index (κ2) is 6.55. The summed E-state index contributed by atoms with van der Waals surface area (Å²) in [5, 5.41) is 0. The number of ether oxygens (including phenoxy) is 1. The van der Waals surface area contributed by atoms with Gasteiger partial charge in [-0.15, -0.1) is 0 Å². The van der Waals surface area contributed by atoms with Crippen molar-refractivity contribution in [3.8, 4) is 5.75 Å². The molecule has 2 fully saturated rings. The maximum atomic E-state index is 13.7. The van der Waals surface area contributed by atoms with Crippen molar-refractivity contribution in [2.75, 3.05) is 18.6 Å². The highest BCUT2D eigenvalue weighted by Gasteiger charge is 2.41. The van der Waals surface area contributed by atoms with Crippen LogP contribution >= 0.6 is 0 Å². The van der Waals surface area contributed by atoms with E-state index in [9.17, 15) is 17.6 Å². The molecule has 1 amide bonds. The third kappa shape index (κ3) is 3.77. The molecule has 0 N–H and O–H groups in total. The van der Waals surface area contributed by atoms with Crippen LogP contribution in [0.25, 0.3) is 6.08 Å². The molecule has 0 radical (unpaired) electrons. The molecule has 0 bridgehead atoms. The number of benzene rings is 1. The van der Waals surface area contributed by atoms with E-state index in [1.54, 1.807) is 17.0 Å². The molecule has 24 heavy (non-hydrogen) atoms. The maximum absolute atomic E-state index is 13.7. The van der Waals surface area contributed by atoms with E-state index in [0.29, 0.717) is 12.0 Å². The first-order valence-corrected chi connectivity index (χ1v) is 9.76. The SMILES string of the molecule is COc1ccc(/C=C/C(=O)N(C2CC2)C2CCS(=O)(=O)C2)cc1F. The maximum Gasteiger partial charge on any atom is 0.247 e. The van der Waals surface area contributed by atoms with Crippen LogP contribution in [0.2, 0.25) is 0 Å². The van der Waals surface area contributed by atoms with Gasteiger partial charge in [0.25, 0.3) is 0 Å². The van der Waals surface area contributed by atoms with Crippen LogP contribution in [0.5, 0.6) is 5.75 Å². The lowest BCUT2D eigenvalue weighted by Gasteiger charge is -2.27. The fourth-order valence-corrected chi connectivity index (χ4v) is 4.76. The minimum atomic E-state index is -3.04. The van der Waals surface area contributed by atoms with Crippen molar-refractivity contribution in [1.82, 2.24) is 4.90 Å². The van der Waals surface area contributed by atoms with Gasteiger partial charge in [0.15, 0.2) is 21.4 Å². The summed E-state index contributed by atoms with van der Waals surface area (Å²) in [6, 6.07) is 4.35. The number of methoxy groups -OCH3 is 1. The second-order valence-corrected chi connectivity index (χ2v) is 8.49. The molecule has 1 aromatic rings. The van der Waals surface area contributed by atoms with E-state index in [0.717, 1.165) is 12.8 Å². The predicted molar refractivity (Wildman–Crippen MR) is 88.9 cm³/mol. The molecule has 0 aromatic heterocycles. The molecule has 1 aromatic carbocycles. The monoisotopic (exact) mass is 353 g/mol. The van der Waals surface area contributed by atoms with Crippen LogP contribution in [0, 0.1) is 5.82 Å². The molecule has 3 rings (SSSR count). The van der Waals surface area contributed by atoms with Gasteiger partial charge in [0.2, 0.25) is 5.91 Å². The smallest absolute Gasteiger partial charge is 0.247 e. The Labute approximate surface area is 141 Å². The number of carbonyl (C=O) groups is 1. The molecule has 7 heteroatoms. The van der Waals surface area contributed by atoms with Gasteiger partial charge in [-0.1, -0.05) is 6.07 Å². The van der Waals surface area contributed by atoms with Crippen LogP contribution in [0.15, 0.2) is 24.3 Å². The molecule has 0 spiro atoms. The van der Waals surface area contributed by atoms with E-state index in [1.165, 1.54) is 25.3 Å². The van der Waals surface area contributed by atoms with Gasteiger partial charge in [-0.2, -0.15) is 0 Å². The molecule has 130 valence electrons. The standard InChI is InChI=1S/C17H20FNO4S/c1-23-16-6-2-12(10-15(16)18)3-7-17(20)19(13-4-5-13)14-8-9-24(21,22)11-14/h2-3,6-7,10,13-14H,4-5,8-9,11H2,1H3/b7-3+. The zero-order chi connectivity index (χ0) is 17.3. The van der Waals surface area contributed by atoms with Crippen LogP contribution in [0.3, 0.4) is 0 Å². The highest BCUT2D eigenvalue weighted by molar-refractivity contribution is 7.91. The predicted octanol–water partition coefficient (Wildman–Crippen LogP) is 2.03. The Morgan fingerprint density at radius 3 is 2.58 bits per heavy atom. The quantitative estimate of drug-likeness (QED) is 0.760. The van der Waals surface area contributed by atoms with E-state index in [-0.39, 0.29) is 35.2 Å². The molecule has 1 aliphatic carbocycles. The second-order valence-electron chi connectivity index (χ2n) is 6.26. The van der Waals surface area contributed by atoms with Crippen LogP contribution in [0.4, 0.5) is 4.39 Å². The van der Waals surface area contributed by atoms with E-state index in [2.05, 4.69) is 0 Å². The summed E-state index contributed by atoms with van der Waals surface area (Å²) in [6.07, 6.45) is 5.25. The first-order chi connectivity index (χ1) is 11.4. The van der Waals surface area contributed by atoms with Crippen molar-refractivity contribution in [2.24, 2.45) is 0 Å². The lowest BCUT2D eigenvalue weighted by molar-refractivity contribution is -0.128. The number of halogens is 1. The number of carbonyl (C=O) groups excluding carboxylic acids is 1. The van der Waals surface area contributed by atoms with Gasteiger partial charge in [0.1, 0.15) is 0 Å². The molecule has 1 saturated carbocycles. The van der Waals surface area contributed by atoms with Crippen molar-refractivity contribution >= 4 is 21.8 Å². The highest BCUT2D eigenvalue weighted by Crippen LogP contribution is 2.32. The first-order valence-electron chi connectivity index (χ1n) is 7.94. The number of amides is 1. The average Bonchev–Trinajstić information content (AvgIpc) is 3.29. The highest BCUT2D eigenvalue weighted by atomic mass is 32.2. The fourth-order valence-electron chi connectivity index (χ4n) is 3.05. The van der Waals surface area contributed by atoms with Gasteiger partial charge in [0.05, 0.1) is 18.6 Å². The van der Waals surface area contributed by atoms with Gasteiger partial charge in [-0.3, -0.25) is 4.79 Å². The van der Waals surface area contributed by atoms with Gasteiger partial charge in [-0.25, -0.2) is 12.8 Å². The Hall–Kier alpha value is -1.89. The molecule has 1 unspecified atom stereocenters. The van der Waals surface area contributed by atoms with Gasteiger partial charge >= 0.3 is 0 Å². The fraction of sp³-hybridized carbons (Fsp3) is 0.471. The van der Waals surface area contributed by atoms with Crippen molar-refractivity contribution < 1.29 is 22.3 Å². The first kappa shape index (κ1) is 17.0. The van der Waals surface area contributed by atoms with Crippen LogP contribution in [0.1, 0.15) is 24.8 Å². The van der Waals surface area contributed by atoms with Crippen molar-refractivity contribution in [3.05, 3.63) is 35.7 Å². The number of nitrogens with zero attached hydrogens (tertiary/aromatic N) is 1. The molecule has 1 saturated heterocycles. The Morgan fingerprint density at radius 2 is 2.04 bits per heavy atom. The normalized spacial score (nSPS) is 22.7.